The molecule has 10 nitrogen and oxygen atoms in total. The van der Waals surface area contributed by atoms with Crippen molar-refractivity contribution in [3.8, 4) is 0 Å². The summed E-state index contributed by atoms with van der Waals surface area (Å²) >= 11 is 0. The lowest BCUT2D eigenvalue weighted by Crippen LogP contribution is -2.54. The second-order valence-electron chi connectivity index (χ2n) is 10.6. The number of carbonyl (C=O) groups is 5. The zero-order chi connectivity index (χ0) is 24.0. The highest BCUT2D eigenvalue weighted by molar-refractivity contribution is 5.97. The van der Waals surface area contributed by atoms with Crippen molar-refractivity contribution in [3.63, 3.8) is 0 Å². The number of piperidine rings is 1. The van der Waals surface area contributed by atoms with E-state index < -0.39 is 12.1 Å². The molecule has 0 radical (unpaired) electrons. The molecule has 4 heterocycles. The number of fused-ring (bicyclic) bond motifs is 2. The second kappa shape index (κ2) is 9.19. The van der Waals surface area contributed by atoms with E-state index in [1.807, 2.05) is 0 Å². The van der Waals surface area contributed by atoms with Gasteiger partial charge in [0.25, 0.3) is 0 Å². The maximum atomic E-state index is 13.7. The van der Waals surface area contributed by atoms with E-state index in [0.717, 1.165) is 25.7 Å². The van der Waals surface area contributed by atoms with Gasteiger partial charge in [-0.2, -0.15) is 0 Å². The molecule has 0 spiro atoms. The lowest BCUT2D eigenvalue weighted by molar-refractivity contribution is -0.148. The molecule has 5 rings (SSSR count). The van der Waals surface area contributed by atoms with Crippen molar-refractivity contribution < 1.29 is 24.0 Å². The minimum Gasteiger partial charge on any atom is -0.351 e. The molecule has 0 unspecified atom stereocenters. The van der Waals surface area contributed by atoms with Crippen LogP contribution in [0.3, 0.4) is 0 Å². The quantitative estimate of drug-likeness (QED) is 0.579. The van der Waals surface area contributed by atoms with Gasteiger partial charge in [-0.3, -0.25) is 24.0 Å². The highest BCUT2D eigenvalue weighted by atomic mass is 16.2. The van der Waals surface area contributed by atoms with E-state index in [9.17, 15) is 24.0 Å². The summed E-state index contributed by atoms with van der Waals surface area (Å²) in [7, 11) is 0. The summed E-state index contributed by atoms with van der Waals surface area (Å²) in [5, 5.41) is 6.09. The Kier molecular flexibility index (Phi) is 6.24. The third-order valence-electron chi connectivity index (χ3n) is 8.51. The first kappa shape index (κ1) is 23.1. The minimum absolute atomic E-state index is 0.0171. The molecule has 0 aromatic rings. The van der Waals surface area contributed by atoms with E-state index in [0.29, 0.717) is 51.9 Å². The standard InChI is InChI=1S/C24H35N5O5/c1-14(30)27-9-6-16(7-10-27)23(33)28-11-8-18-20(28)24(34)29-13-17(12-19(29)22(32)26-18)25-21(31)15-4-2-3-5-15/h15-20H,2-13H2,1H3,(H,25,31)(H,26,32)/t17-,18-,19+,20-/m0/s1. The van der Waals surface area contributed by atoms with Crippen molar-refractivity contribution in [1.29, 1.82) is 0 Å². The van der Waals surface area contributed by atoms with Gasteiger partial charge in [0, 0.05) is 51.0 Å². The zero-order valence-electron chi connectivity index (χ0n) is 19.8. The van der Waals surface area contributed by atoms with Crippen molar-refractivity contribution >= 4 is 29.5 Å². The summed E-state index contributed by atoms with van der Waals surface area (Å²) in [6.45, 7) is 3.38. The third kappa shape index (κ3) is 4.15. The topological polar surface area (TPSA) is 119 Å². The summed E-state index contributed by atoms with van der Waals surface area (Å²) in [4.78, 5) is 69.3. The minimum atomic E-state index is -0.698. The average Bonchev–Trinajstić information content (AvgIpc) is 3.57. The van der Waals surface area contributed by atoms with Gasteiger partial charge in [-0.1, -0.05) is 12.8 Å². The molecule has 0 aromatic heterocycles. The second-order valence-corrected chi connectivity index (χ2v) is 10.6. The Morgan fingerprint density at radius 2 is 1.65 bits per heavy atom. The monoisotopic (exact) mass is 473 g/mol. The van der Waals surface area contributed by atoms with Crippen LogP contribution in [0.25, 0.3) is 0 Å². The molecule has 0 bridgehead atoms. The fourth-order valence-corrected chi connectivity index (χ4v) is 6.56. The van der Waals surface area contributed by atoms with E-state index in [2.05, 4.69) is 10.6 Å². The number of carbonyl (C=O) groups excluding carboxylic acids is 5. The van der Waals surface area contributed by atoms with E-state index in [4.69, 9.17) is 0 Å². The fraction of sp³-hybridized carbons (Fsp3) is 0.792. The molecule has 1 aliphatic carbocycles. The molecular formula is C24H35N5O5. The van der Waals surface area contributed by atoms with Gasteiger partial charge >= 0.3 is 0 Å². The number of rotatable bonds is 3. The molecule has 2 N–H and O–H groups in total. The lowest BCUT2D eigenvalue weighted by Gasteiger charge is -2.35. The highest BCUT2D eigenvalue weighted by Crippen LogP contribution is 2.32. The molecule has 34 heavy (non-hydrogen) atoms. The van der Waals surface area contributed by atoms with Crippen LogP contribution in [-0.2, 0) is 24.0 Å². The van der Waals surface area contributed by atoms with Crippen molar-refractivity contribution in [1.82, 2.24) is 25.3 Å². The number of nitrogens with zero attached hydrogens (tertiary/aromatic N) is 3. The molecule has 1 saturated carbocycles. The number of nitrogens with one attached hydrogen (secondary N) is 2. The normalized spacial score (nSPS) is 32.3. The number of hydrogen-bond donors (Lipinski definition) is 2. The Labute approximate surface area is 199 Å². The Morgan fingerprint density at radius 3 is 2.32 bits per heavy atom. The van der Waals surface area contributed by atoms with Gasteiger partial charge in [-0.15, -0.1) is 0 Å². The van der Waals surface area contributed by atoms with Gasteiger partial charge in [-0.25, -0.2) is 0 Å². The molecule has 10 heteroatoms. The number of likely N-dealkylation sites (tertiary alicyclic amines) is 2. The van der Waals surface area contributed by atoms with E-state index in [1.165, 1.54) is 6.92 Å². The zero-order valence-corrected chi connectivity index (χ0v) is 19.8. The average molecular weight is 474 g/mol. The first-order valence-electron chi connectivity index (χ1n) is 12.8. The van der Waals surface area contributed by atoms with Gasteiger partial charge in [0.15, 0.2) is 0 Å². The van der Waals surface area contributed by atoms with E-state index in [-0.39, 0.29) is 53.5 Å². The van der Waals surface area contributed by atoms with Gasteiger partial charge < -0.3 is 25.3 Å². The first-order chi connectivity index (χ1) is 16.3. The molecule has 5 fully saturated rings. The molecular weight excluding hydrogens is 438 g/mol. The van der Waals surface area contributed by atoms with Crippen LogP contribution < -0.4 is 10.6 Å². The molecule has 186 valence electrons. The predicted octanol–water partition coefficient (Wildman–Crippen LogP) is -0.380. The SMILES string of the molecule is CC(=O)N1CCC(C(=O)N2CC[C@@H]3NC(=O)[C@H]4C[C@H](NC(=O)C5CCCC5)CN4C(=O)[C@H]32)CC1. The van der Waals surface area contributed by atoms with Crippen LogP contribution in [0, 0.1) is 11.8 Å². The highest BCUT2D eigenvalue weighted by Gasteiger charge is 2.53. The fourth-order valence-electron chi connectivity index (χ4n) is 6.56. The van der Waals surface area contributed by atoms with Crippen LogP contribution in [0.5, 0.6) is 0 Å². The molecule has 5 amide bonds. The van der Waals surface area contributed by atoms with E-state index >= 15 is 0 Å². The largest absolute Gasteiger partial charge is 0.351 e. The molecule has 4 aliphatic heterocycles. The van der Waals surface area contributed by atoms with Gasteiger partial charge in [0.1, 0.15) is 12.1 Å². The van der Waals surface area contributed by atoms with Gasteiger partial charge in [-0.05, 0) is 38.5 Å². The van der Waals surface area contributed by atoms with Crippen LogP contribution in [0.1, 0.15) is 58.3 Å². The smallest absolute Gasteiger partial charge is 0.248 e. The summed E-state index contributed by atoms with van der Waals surface area (Å²) in [5.74, 6) is -0.577. The van der Waals surface area contributed by atoms with E-state index in [1.54, 1.807) is 14.7 Å². The van der Waals surface area contributed by atoms with Gasteiger partial charge in [0.2, 0.25) is 29.5 Å². The van der Waals surface area contributed by atoms with Crippen molar-refractivity contribution in [2.24, 2.45) is 11.8 Å². The number of amides is 5. The third-order valence-corrected chi connectivity index (χ3v) is 8.51. The maximum absolute atomic E-state index is 13.7. The van der Waals surface area contributed by atoms with Crippen molar-refractivity contribution in [2.75, 3.05) is 26.2 Å². The molecule has 5 aliphatic rings. The summed E-state index contributed by atoms with van der Waals surface area (Å²) in [6, 6.07) is -1.93. The van der Waals surface area contributed by atoms with Crippen molar-refractivity contribution in [2.45, 2.75) is 82.5 Å². The first-order valence-corrected chi connectivity index (χ1v) is 12.8. The van der Waals surface area contributed by atoms with Crippen LogP contribution >= 0.6 is 0 Å². The van der Waals surface area contributed by atoms with Gasteiger partial charge in [0.05, 0.1) is 6.04 Å². The Morgan fingerprint density at radius 1 is 0.941 bits per heavy atom. The number of hydrogen-bond acceptors (Lipinski definition) is 5. The Bertz CT molecular complexity index is 879. The van der Waals surface area contributed by atoms with Crippen LogP contribution in [0.15, 0.2) is 0 Å². The maximum Gasteiger partial charge on any atom is 0.248 e. The molecule has 4 atom stereocenters. The summed E-state index contributed by atoms with van der Waals surface area (Å²) < 4.78 is 0. The Hall–Kier alpha value is -2.65. The van der Waals surface area contributed by atoms with Crippen LogP contribution in [0.4, 0.5) is 0 Å². The van der Waals surface area contributed by atoms with Crippen molar-refractivity contribution in [3.05, 3.63) is 0 Å². The van der Waals surface area contributed by atoms with Crippen LogP contribution in [0.2, 0.25) is 0 Å². The predicted molar refractivity (Wildman–Crippen MR) is 121 cm³/mol. The molecule has 0 aromatic carbocycles. The summed E-state index contributed by atoms with van der Waals surface area (Å²) in [5.41, 5.74) is 0. The van der Waals surface area contributed by atoms with Crippen LogP contribution in [-0.4, -0.2) is 94.6 Å². The Balaban J connectivity index is 1.26. The lowest BCUT2D eigenvalue weighted by atomic mass is 9.94. The molecule has 4 saturated heterocycles. The summed E-state index contributed by atoms with van der Waals surface area (Å²) in [6.07, 6.45) is 6.09.